The fraction of sp³-hybridized carbons (Fsp3) is 0. The molecule has 0 radical (unpaired) electrons. The largest absolute Gasteiger partial charge is 0.397 e. The highest BCUT2D eigenvalue weighted by Crippen LogP contribution is 2.37. The van der Waals surface area contributed by atoms with Gasteiger partial charge < -0.3 is 21.8 Å². The number of aromatic nitrogens is 1. The van der Waals surface area contributed by atoms with Crippen LogP contribution in [0.2, 0.25) is 0 Å². The Balaban J connectivity index is 2.26. The van der Waals surface area contributed by atoms with Crippen LogP contribution in [0.15, 0.2) is 60.7 Å². The van der Waals surface area contributed by atoms with Crippen LogP contribution < -0.4 is 17.2 Å². The topological polar surface area (TPSA) is 83.0 Å². The zero-order valence-corrected chi connectivity index (χ0v) is 12.0. The van der Waals surface area contributed by atoms with Crippen LogP contribution in [0.3, 0.4) is 0 Å². The van der Waals surface area contributed by atoms with Crippen LogP contribution in [-0.4, -0.2) is 4.57 Å². The van der Waals surface area contributed by atoms with Crippen LogP contribution in [0, 0.1) is 0 Å². The molecule has 4 nitrogen and oxygen atoms in total. The number of benzene rings is 3. The van der Waals surface area contributed by atoms with Crippen LogP contribution >= 0.6 is 0 Å². The molecule has 0 aliphatic carbocycles. The molecular formula is C18H16N4. The first kappa shape index (κ1) is 12.6. The SMILES string of the molecule is Nc1ccc(N)c(-n2c3ccccc3c3ccccc32)c1N. The lowest BCUT2D eigenvalue weighted by Crippen LogP contribution is -2.06. The van der Waals surface area contributed by atoms with E-state index in [0.29, 0.717) is 17.1 Å². The average Bonchev–Trinajstić information content (AvgIpc) is 2.87. The van der Waals surface area contributed by atoms with Gasteiger partial charge in [-0.3, -0.25) is 0 Å². The molecule has 22 heavy (non-hydrogen) atoms. The number of hydrogen-bond donors (Lipinski definition) is 3. The summed E-state index contributed by atoms with van der Waals surface area (Å²) >= 11 is 0. The lowest BCUT2D eigenvalue weighted by molar-refractivity contribution is 1.19. The van der Waals surface area contributed by atoms with Crippen molar-refractivity contribution in [2.45, 2.75) is 0 Å². The highest BCUT2D eigenvalue weighted by Gasteiger charge is 2.16. The van der Waals surface area contributed by atoms with E-state index in [9.17, 15) is 0 Å². The van der Waals surface area contributed by atoms with Crippen molar-refractivity contribution in [3.05, 3.63) is 60.7 Å². The van der Waals surface area contributed by atoms with Gasteiger partial charge in [-0.2, -0.15) is 0 Å². The van der Waals surface area contributed by atoms with Gasteiger partial charge in [0.2, 0.25) is 0 Å². The lowest BCUT2D eigenvalue weighted by Gasteiger charge is -2.15. The average molecular weight is 288 g/mol. The van der Waals surface area contributed by atoms with Gasteiger partial charge in [0, 0.05) is 10.8 Å². The number of hydrogen-bond acceptors (Lipinski definition) is 3. The monoisotopic (exact) mass is 288 g/mol. The smallest absolute Gasteiger partial charge is 0.0945 e. The van der Waals surface area contributed by atoms with Crippen molar-refractivity contribution in [1.29, 1.82) is 0 Å². The third kappa shape index (κ3) is 1.58. The molecule has 4 heteroatoms. The van der Waals surface area contributed by atoms with Gasteiger partial charge >= 0.3 is 0 Å². The Kier molecular flexibility index (Phi) is 2.53. The number of nitrogens with zero attached hydrogens (tertiary/aromatic N) is 1. The van der Waals surface area contributed by atoms with E-state index in [2.05, 4.69) is 28.8 Å². The van der Waals surface area contributed by atoms with E-state index in [0.717, 1.165) is 16.7 Å². The third-order valence-electron chi connectivity index (χ3n) is 4.09. The summed E-state index contributed by atoms with van der Waals surface area (Å²) in [7, 11) is 0. The molecule has 0 saturated carbocycles. The molecule has 0 unspecified atom stereocenters. The van der Waals surface area contributed by atoms with Gasteiger partial charge in [0.1, 0.15) is 0 Å². The Hall–Kier alpha value is -3.14. The minimum atomic E-state index is 0.506. The first-order valence-corrected chi connectivity index (χ1v) is 7.10. The summed E-state index contributed by atoms with van der Waals surface area (Å²) in [5.41, 5.74) is 22.9. The molecule has 4 aromatic rings. The minimum absolute atomic E-state index is 0.506. The molecule has 4 rings (SSSR count). The molecule has 0 saturated heterocycles. The molecule has 0 bridgehead atoms. The Morgan fingerprint density at radius 3 is 1.68 bits per heavy atom. The lowest BCUT2D eigenvalue weighted by atomic mass is 10.2. The van der Waals surface area contributed by atoms with Gasteiger partial charge in [0.25, 0.3) is 0 Å². The molecule has 1 aromatic heterocycles. The zero-order valence-electron chi connectivity index (χ0n) is 12.0. The van der Waals surface area contributed by atoms with E-state index < -0.39 is 0 Å². The predicted molar refractivity (Wildman–Crippen MR) is 94.0 cm³/mol. The summed E-state index contributed by atoms with van der Waals surface area (Å²) in [6.45, 7) is 0. The normalized spacial score (nSPS) is 11.3. The molecule has 0 aliphatic heterocycles. The number of rotatable bonds is 1. The predicted octanol–water partition coefficient (Wildman–Crippen LogP) is 3.53. The Morgan fingerprint density at radius 1 is 0.591 bits per heavy atom. The molecule has 1 heterocycles. The van der Waals surface area contributed by atoms with Crippen molar-refractivity contribution in [2.75, 3.05) is 17.2 Å². The molecule has 0 fully saturated rings. The third-order valence-corrected chi connectivity index (χ3v) is 4.09. The number of para-hydroxylation sites is 2. The van der Waals surface area contributed by atoms with Crippen molar-refractivity contribution >= 4 is 38.9 Å². The van der Waals surface area contributed by atoms with Gasteiger partial charge in [-0.15, -0.1) is 0 Å². The molecule has 0 amide bonds. The highest BCUT2D eigenvalue weighted by atomic mass is 15.0. The Labute approximate surface area is 127 Å². The van der Waals surface area contributed by atoms with Crippen molar-refractivity contribution < 1.29 is 0 Å². The Morgan fingerprint density at radius 2 is 1.09 bits per heavy atom. The van der Waals surface area contributed by atoms with Crippen LogP contribution in [0.4, 0.5) is 17.1 Å². The summed E-state index contributed by atoms with van der Waals surface area (Å²) < 4.78 is 2.09. The number of nitrogen functional groups attached to an aromatic ring is 3. The molecule has 0 spiro atoms. The van der Waals surface area contributed by atoms with E-state index in [4.69, 9.17) is 17.2 Å². The van der Waals surface area contributed by atoms with Gasteiger partial charge in [-0.1, -0.05) is 36.4 Å². The van der Waals surface area contributed by atoms with E-state index in [1.165, 1.54) is 10.8 Å². The first-order chi connectivity index (χ1) is 10.7. The van der Waals surface area contributed by atoms with Crippen LogP contribution in [0.5, 0.6) is 0 Å². The van der Waals surface area contributed by atoms with Crippen LogP contribution in [0.1, 0.15) is 0 Å². The molecule has 6 N–H and O–H groups in total. The van der Waals surface area contributed by atoms with E-state index in [-0.39, 0.29) is 0 Å². The van der Waals surface area contributed by atoms with Gasteiger partial charge in [-0.25, -0.2) is 0 Å². The zero-order chi connectivity index (χ0) is 15.3. The molecule has 108 valence electrons. The van der Waals surface area contributed by atoms with Gasteiger partial charge in [-0.05, 0) is 24.3 Å². The maximum absolute atomic E-state index is 6.23. The molecule has 0 atom stereocenters. The van der Waals surface area contributed by atoms with E-state index in [1.807, 2.05) is 24.3 Å². The highest BCUT2D eigenvalue weighted by molar-refractivity contribution is 6.10. The summed E-state index contributed by atoms with van der Waals surface area (Å²) in [5.74, 6) is 0. The molecule has 3 aromatic carbocycles. The van der Waals surface area contributed by atoms with Crippen molar-refractivity contribution in [3.63, 3.8) is 0 Å². The first-order valence-electron chi connectivity index (χ1n) is 7.10. The van der Waals surface area contributed by atoms with Gasteiger partial charge in [0.15, 0.2) is 0 Å². The maximum atomic E-state index is 6.23. The molecular weight excluding hydrogens is 272 g/mol. The van der Waals surface area contributed by atoms with Crippen LogP contribution in [0.25, 0.3) is 27.5 Å². The second-order valence-corrected chi connectivity index (χ2v) is 5.38. The minimum Gasteiger partial charge on any atom is -0.397 e. The number of fused-ring (bicyclic) bond motifs is 3. The van der Waals surface area contributed by atoms with Crippen molar-refractivity contribution in [3.8, 4) is 5.69 Å². The quantitative estimate of drug-likeness (QED) is 0.468. The second-order valence-electron chi connectivity index (χ2n) is 5.38. The summed E-state index contributed by atoms with van der Waals surface area (Å²) in [6, 6.07) is 20.0. The summed E-state index contributed by atoms with van der Waals surface area (Å²) in [6.07, 6.45) is 0. The summed E-state index contributed by atoms with van der Waals surface area (Å²) in [5, 5.41) is 2.33. The summed E-state index contributed by atoms with van der Waals surface area (Å²) in [4.78, 5) is 0. The second kappa shape index (κ2) is 4.43. The standard InChI is InChI=1S/C18H16N4/c19-13-9-10-14(20)18(17(13)21)22-15-7-3-1-5-11(15)12-6-2-4-8-16(12)22/h1-10H,19-21H2. The fourth-order valence-corrected chi connectivity index (χ4v) is 3.05. The Bertz CT molecular complexity index is 961. The van der Waals surface area contributed by atoms with Crippen molar-refractivity contribution in [1.82, 2.24) is 4.57 Å². The van der Waals surface area contributed by atoms with Gasteiger partial charge in [0.05, 0.1) is 33.8 Å². The maximum Gasteiger partial charge on any atom is 0.0945 e. The van der Waals surface area contributed by atoms with Crippen molar-refractivity contribution in [2.24, 2.45) is 0 Å². The number of nitrogens with two attached hydrogens (primary N) is 3. The van der Waals surface area contributed by atoms with Crippen LogP contribution in [-0.2, 0) is 0 Å². The number of anilines is 3. The van der Waals surface area contributed by atoms with E-state index >= 15 is 0 Å². The fourth-order valence-electron chi connectivity index (χ4n) is 3.05. The molecule has 0 aliphatic rings. The van der Waals surface area contributed by atoms with E-state index in [1.54, 1.807) is 12.1 Å².